The molecule has 3 N–H and O–H groups in total. The Labute approximate surface area is 171 Å². The second-order valence-corrected chi connectivity index (χ2v) is 6.14. The van der Waals surface area contributed by atoms with Gasteiger partial charge in [-0.3, -0.25) is 9.78 Å². The largest absolute Gasteiger partial charge is 0.492 e. The van der Waals surface area contributed by atoms with Gasteiger partial charge in [-0.05, 0) is 29.3 Å². The average molecular weight is 398 g/mol. The first-order valence-electron chi connectivity index (χ1n) is 8.93. The molecule has 0 saturated carbocycles. The second-order valence-electron chi connectivity index (χ2n) is 6.14. The fourth-order valence-corrected chi connectivity index (χ4v) is 2.64. The molecule has 0 bridgehead atoms. The van der Waals surface area contributed by atoms with E-state index in [1.54, 1.807) is 6.20 Å². The summed E-state index contributed by atoms with van der Waals surface area (Å²) in [6, 6.07) is 21.5. The predicted molar refractivity (Wildman–Crippen MR) is 113 cm³/mol. The topological polar surface area (TPSA) is 77.2 Å². The summed E-state index contributed by atoms with van der Waals surface area (Å²) >= 11 is 0. The van der Waals surface area contributed by atoms with E-state index in [1.807, 2.05) is 66.7 Å². The Kier molecular flexibility index (Phi) is 8.46. The summed E-state index contributed by atoms with van der Waals surface area (Å²) < 4.78 is 5.48. The summed E-state index contributed by atoms with van der Waals surface area (Å²) in [5, 5.41) is 2.91. The zero-order chi connectivity index (χ0) is 18.9. The van der Waals surface area contributed by atoms with E-state index in [-0.39, 0.29) is 24.7 Å². The molecule has 0 radical (unpaired) electrons. The minimum Gasteiger partial charge on any atom is -0.492 e. The SMILES string of the molecule is Cl.NCCOc1ccc(-c2ccc(CC(=O)NCc3ccccc3)nc2)cc1. The molecule has 6 heteroatoms. The van der Waals surface area contributed by atoms with E-state index in [4.69, 9.17) is 10.5 Å². The molecule has 0 aliphatic rings. The summed E-state index contributed by atoms with van der Waals surface area (Å²) in [6.45, 7) is 1.52. The van der Waals surface area contributed by atoms with Gasteiger partial charge < -0.3 is 15.8 Å². The first-order valence-corrected chi connectivity index (χ1v) is 8.93. The number of carbonyl (C=O) groups excluding carboxylic acids is 1. The number of amides is 1. The summed E-state index contributed by atoms with van der Waals surface area (Å²) in [5.41, 5.74) is 9.29. The molecule has 0 fully saturated rings. The van der Waals surface area contributed by atoms with Crippen molar-refractivity contribution in [1.82, 2.24) is 10.3 Å². The Morgan fingerprint density at radius 3 is 2.32 bits per heavy atom. The highest BCUT2D eigenvalue weighted by atomic mass is 35.5. The molecule has 0 aliphatic heterocycles. The number of nitrogens with two attached hydrogens (primary N) is 1. The van der Waals surface area contributed by atoms with Crippen LogP contribution in [0.15, 0.2) is 72.9 Å². The van der Waals surface area contributed by atoms with Crippen LogP contribution in [0.25, 0.3) is 11.1 Å². The molecule has 3 rings (SSSR count). The lowest BCUT2D eigenvalue weighted by molar-refractivity contribution is -0.120. The molecule has 1 aromatic heterocycles. The number of pyridine rings is 1. The maximum absolute atomic E-state index is 12.1. The van der Waals surface area contributed by atoms with Crippen LogP contribution in [-0.4, -0.2) is 24.0 Å². The van der Waals surface area contributed by atoms with E-state index in [0.717, 1.165) is 28.1 Å². The van der Waals surface area contributed by atoms with Crippen molar-refractivity contribution in [3.8, 4) is 16.9 Å². The maximum atomic E-state index is 12.1. The van der Waals surface area contributed by atoms with Gasteiger partial charge in [-0.25, -0.2) is 0 Å². The van der Waals surface area contributed by atoms with E-state index in [9.17, 15) is 4.79 Å². The van der Waals surface area contributed by atoms with Crippen molar-refractivity contribution in [2.45, 2.75) is 13.0 Å². The molecular formula is C22H24ClN3O2. The number of halogens is 1. The van der Waals surface area contributed by atoms with E-state index in [2.05, 4.69) is 10.3 Å². The number of carbonyl (C=O) groups is 1. The predicted octanol–water partition coefficient (Wildman–Crippen LogP) is 3.37. The molecule has 2 aromatic carbocycles. The standard InChI is InChI=1S/C22H23N3O2.ClH/c23-12-13-27-21-10-7-18(8-11-21)19-6-9-20(24-16-19)14-22(26)25-15-17-4-2-1-3-5-17;/h1-11,16H,12-15,23H2,(H,25,26);1H. The molecule has 1 amide bonds. The van der Waals surface area contributed by atoms with E-state index < -0.39 is 0 Å². The van der Waals surface area contributed by atoms with Gasteiger partial charge in [-0.2, -0.15) is 0 Å². The lowest BCUT2D eigenvalue weighted by atomic mass is 10.1. The normalized spacial score (nSPS) is 10.0. The van der Waals surface area contributed by atoms with Crippen LogP contribution >= 0.6 is 12.4 Å². The van der Waals surface area contributed by atoms with Crippen LogP contribution in [0.5, 0.6) is 5.75 Å². The van der Waals surface area contributed by atoms with Gasteiger partial charge in [0.1, 0.15) is 12.4 Å². The fourth-order valence-electron chi connectivity index (χ4n) is 2.64. The van der Waals surface area contributed by atoms with Gasteiger partial charge in [0.2, 0.25) is 5.91 Å². The third-order valence-corrected chi connectivity index (χ3v) is 4.07. The summed E-state index contributed by atoms with van der Waals surface area (Å²) in [4.78, 5) is 16.5. The number of benzene rings is 2. The number of nitrogens with one attached hydrogen (secondary N) is 1. The van der Waals surface area contributed by atoms with Gasteiger partial charge in [-0.15, -0.1) is 12.4 Å². The smallest absolute Gasteiger partial charge is 0.226 e. The molecule has 28 heavy (non-hydrogen) atoms. The number of nitrogens with zero attached hydrogens (tertiary/aromatic N) is 1. The van der Waals surface area contributed by atoms with Crippen LogP contribution in [0.4, 0.5) is 0 Å². The molecule has 0 atom stereocenters. The Hall–Kier alpha value is -2.89. The Bertz CT molecular complexity index is 853. The van der Waals surface area contributed by atoms with Crippen molar-refractivity contribution in [1.29, 1.82) is 0 Å². The zero-order valence-corrected chi connectivity index (χ0v) is 16.3. The number of ether oxygens (including phenoxy) is 1. The summed E-state index contributed by atoms with van der Waals surface area (Å²) in [6.07, 6.45) is 2.05. The molecule has 5 nitrogen and oxygen atoms in total. The van der Waals surface area contributed by atoms with Gasteiger partial charge in [-0.1, -0.05) is 48.5 Å². The summed E-state index contributed by atoms with van der Waals surface area (Å²) in [5.74, 6) is 0.754. The van der Waals surface area contributed by atoms with Gasteiger partial charge in [0.05, 0.1) is 6.42 Å². The van der Waals surface area contributed by atoms with Gasteiger partial charge >= 0.3 is 0 Å². The van der Waals surface area contributed by atoms with Crippen LogP contribution in [0.2, 0.25) is 0 Å². The quantitative estimate of drug-likeness (QED) is 0.611. The maximum Gasteiger partial charge on any atom is 0.226 e. The molecule has 0 spiro atoms. The molecule has 3 aromatic rings. The van der Waals surface area contributed by atoms with Crippen LogP contribution in [0.1, 0.15) is 11.3 Å². The molecule has 0 unspecified atom stereocenters. The minimum absolute atomic E-state index is 0. The number of aromatic nitrogens is 1. The zero-order valence-electron chi connectivity index (χ0n) is 15.5. The lowest BCUT2D eigenvalue weighted by Gasteiger charge is -2.07. The fraction of sp³-hybridized carbons (Fsp3) is 0.182. The molecule has 146 valence electrons. The monoisotopic (exact) mass is 397 g/mol. The van der Waals surface area contributed by atoms with E-state index in [0.29, 0.717) is 19.7 Å². The minimum atomic E-state index is -0.0412. The average Bonchev–Trinajstić information content (AvgIpc) is 2.72. The Balaban J connectivity index is 0.00000280. The van der Waals surface area contributed by atoms with Crippen molar-refractivity contribution in [2.75, 3.05) is 13.2 Å². The van der Waals surface area contributed by atoms with Crippen LogP contribution in [0, 0.1) is 0 Å². The second kappa shape index (κ2) is 11.1. The summed E-state index contributed by atoms with van der Waals surface area (Å²) in [7, 11) is 0. The van der Waals surface area contributed by atoms with Crippen molar-refractivity contribution in [3.05, 3.63) is 84.2 Å². The number of hydrogen-bond donors (Lipinski definition) is 2. The van der Waals surface area contributed by atoms with Crippen LogP contribution in [0.3, 0.4) is 0 Å². The highest BCUT2D eigenvalue weighted by Crippen LogP contribution is 2.22. The molecule has 1 heterocycles. The van der Waals surface area contributed by atoms with Gasteiger partial charge in [0, 0.05) is 30.5 Å². The van der Waals surface area contributed by atoms with Crippen molar-refractivity contribution >= 4 is 18.3 Å². The third kappa shape index (κ3) is 6.37. The van der Waals surface area contributed by atoms with Crippen molar-refractivity contribution in [3.63, 3.8) is 0 Å². The van der Waals surface area contributed by atoms with Crippen molar-refractivity contribution < 1.29 is 9.53 Å². The molecule has 0 aliphatic carbocycles. The number of rotatable bonds is 8. The first-order chi connectivity index (χ1) is 13.2. The molecular weight excluding hydrogens is 374 g/mol. The first kappa shape index (κ1) is 21.4. The van der Waals surface area contributed by atoms with Gasteiger partial charge in [0.15, 0.2) is 0 Å². The highest BCUT2D eigenvalue weighted by molar-refractivity contribution is 5.85. The lowest BCUT2D eigenvalue weighted by Crippen LogP contribution is -2.24. The number of hydrogen-bond acceptors (Lipinski definition) is 4. The third-order valence-electron chi connectivity index (χ3n) is 4.07. The van der Waals surface area contributed by atoms with Gasteiger partial charge in [0.25, 0.3) is 0 Å². The van der Waals surface area contributed by atoms with Crippen LogP contribution < -0.4 is 15.8 Å². The molecule has 0 saturated heterocycles. The van der Waals surface area contributed by atoms with Crippen molar-refractivity contribution in [2.24, 2.45) is 5.73 Å². The van der Waals surface area contributed by atoms with E-state index >= 15 is 0 Å². The Morgan fingerprint density at radius 2 is 1.68 bits per heavy atom. The highest BCUT2D eigenvalue weighted by Gasteiger charge is 2.06. The van der Waals surface area contributed by atoms with Crippen LogP contribution in [-0.2, 0) is 17.8 Å². The van der Waals surface area contributed by atoms with E-state index in [1.165, 1.54) is 0 Å². The Morgan fingerprint density at radius 1 is 0.964 bits per heavy atom.